The molecule has 1 spiro atoms. The van der Waals surface area contributed by atoms with Crippen LogP contribution in [-0.2, 0) is 17.3 Å². The molecule has 6 rings (SSSR count). The predicted octanol–water partition coefficient (Wildman–Crippen LogP) is 3.23. The number of para-hydroxylation sites is 1. The third kappa shape index (κ3) is 2.01. The van der Waals surface area contributed by atoms with Gasteiger partial charge < -0.3 is 19.0 Å². The first-order valence-corrected chi connectivity index (χ1v) is 9.95. The number of amides is 1. The molecular weight excluding hydrogens is 380 g/mol. The van der Waals surface area contributed by atoms with Gasteiger partial charge in [-0.1, -0.05) is 23.4 Å². The number of pyridine rings is 1. The van der Waals surface area contributed by atoms with Crippen LogP contribution < -0.4 is 10.5 Å². The van der Waals surface area contributed by atoms with Crippen LogP contribution in [0.1, 0.15) is 29.2 Å². The van der Waals surface area contributed by atoms with Crippen LogP contribution in [0.4, 0.5) is 5.69 Å². The number of H-pyrrole nitrogens is 1. The minimum atomic E-state index is -0.546. The summed E-state index contributed by atoms with van der Waals surface area (Å²) in [6, 6.07) is 11.8. The predicted molar refractivity (Wildman–Crippen MR) is 113 cm³/mol. The maximum Gasteiger partial charge on any atom is 0.274 e. The first-order chi connectivity index (χ1) is 14.4. The SMILES string of the molecule is Cc1cc(-c2cc3c(C4CC45C(=O)N(C)c4ccccc45)cn(C)c(=O)c3[nH]2)on1. The number of aryl methyl sites for hydroxylation is 2. The number of rotatable bonds is 2. The number of aromatic amines is 1. The smallest absolute Gasteiger partial charge is 0.274 e. The van der Waals surface area contributed by atoms with Gasteiger partial charge in [0.05, 0.1) is 16.8 Å². The summed E-state index contributed by atoms with van der Waals surface area (Å²) >= 11 is 0. The van der Waals surface area contributed by atoms with E-state index in [9.17, 15) is 9.59 Å². The van der Waals surface area contributed by atoms with Crippen molar-refractivity contribution in [3.8, 4) is 11.5 Å². The third-order valence-corrected chi connectivity index (χ3v) is 6.66. The Kier molecular flexibility index (Phi) is 3.17. The molecule has 1 aliphatic heterocycles. The minimum absolute atomic E-state index is 0.0190. The second kappa shape index (κ2) is 5.50. The number of nitrogens with one attached hydrogen (secondary N) is 1. The zero-order chi connectivity index (χ0) is 20.8. The normalized spacial score (nSPS) is 22.3. The number of anilines is 1. The van der Waals surface area contributed by atoms with Crippen LogP contribution in [0.25, 0.3) is 22.4 Å². The summed E-state index contributed by atoms with van der Waals surface area (Å²) in [7, 11) is 3.58. The lowest BCUT2D eigenvalue weighted by Crippen LogP contribution is -2.29. The van der Waals surface area contributed by atoms with Crippen molar-refractivity contribution in [3.63, 3.8) is 0 Å². The number of likely N-dealkylation sites (N-methyl/N-ethyl adjacent to an activating group) is 1. The number of nitrogens with zero attached hydrogens (tertiary/aromatic N) is 3. The van der Waals surface area contributed by atoms with E-state index >= 15 is 0 Å². The molecule has 2 atom stereocenters. The molecule has 30 heavy (non-hydrogen) atoms. The first-order valence-electron chi connectivity index (χ1n) is 9.95. The van der Waals surface area contributed by atoms with Crippen molar-refractivity contribution in [1.29, 1.82) is 0 Å². The Balaban J connectivity index is 1.55. The fourth-order valence-electron chi connectivity index (χ4n) is 5.10. The van der Waals surface area contributed by atoms with E-state index in [-0.39, 0.29) is 17.4 Å². The number of fused-ring (bicyclic) bond motifs is 3. The van der Waals surface area contributed by atoms with Crippen molar-refractivity contribution in [2.75, 3.05) is 11.9 Å². The number of hydrogen-bond donors (Lipinski definition) is 1. The molecule has 1 saturated carbocycles. The van der Waals surface area contributed by atoms with Crippen molar-refractivity contribution < 1.29 is 9.32 Å². The Morgan fingerprint density at radius 2 is 2.00 bits per heavy atom. The summed E-state index contributed by atoms with van der Waals surface area (Å²) in [5, 5.41) is 4.78. The van der Waals surface area contributed by atoms with Gasteiger partial charge in [0.15, 0.2) is 5.76 Å². The van der Waals surface area contributed by atoms with Gasteiger partial charge in [0.2, 0.25) is 5.91 Å². The van der Waals surface area contributed by atoms with E-state index in [1.54, 1.807) is 16.5 Å². The largest absolute Gasteiger partial charge is 0.354 e. The van der Waals surface area contributed by atoms with Gasteiger partial charge in [0.25, 0.3) is 5.56 Å². The number of aromatic nitrogens is 3. The van der Waals surface area contributed by atoms with Crippen LogP contribution in [0.3, 0.4) is 0 Å². The molecule has 3 aromatic heterocycles. The molecule has 0 radical (unpaired) electrons. The second-order valence-corrected chi connectivity index (χ2v) is 8.41. The maximum atomic E-state index is 13.3. The highest BCUT2D eigenvalue weighted by atomic mass is 16.5. The number of carbonyl (C=O) groups is 1. The molecule has 2 unspecified atom stereocenters. The molecule has 1 amide bonds. The third-order valence-electron chi connectivity index (χ3n) is 6.66. The average Bonchev–Trinajstić information content (AvgIpc) is 3.00. The quantitative estimate of drug-likeness (QED) is 0.560. The van der Waals surface area contributed by atoms with Gasteiger partial charge in [-0.15, -0.1) is 0 Å². The van der Waals surface area contributed by atoms with Crippen molar-refractivity contribution in [3.05, 3.63) is 69.8 Å². The van der Waals surface area contributed by atoms with Crippen molar-refractivity contribution in [2.24, 2.45) is 7.05 Å². The van der Waals surface area contributed by atoms with Gasteiger partial charge in [-0.3, -0.25) is 9.59 Å². The van der Waals surface area contributed by atoms with Crippen LogP contribution in [0.5, 0.6) is 0 Å². The molecule has 1 aromatic carbocycles. The van der Waals surface area contributed by atoms with Crippen molar-refractivity contribution >= 4 is 22.5 Å². The van der Waals surface area contributed by atoms with E-state index in [0.717, 1.165) is 34.3 Å². The highest BCUT2D eigenvalue weighted by Crippen LogP contribution is 2.66. The summed E-state index contributed by atoms with van der Waals surface area (Å²) < 4.78 is 6.97. The highest BCUT2D eigenvalue weighted by molar-refractivity contribution is 6.11. The standard InChI is InChI=1S/C23H20N4O3/c1-12-8-19(30-25-12)17-9-13-14(11-26(2)21(28)20(13)24-17)16-10-23(16)15-6-4-5-7-18(15)27(3)22(23)29/h4-9,11,16,24H,10H2,1-3H3. The Morgan fingerprint density at radius 3 is 2.77 bits per heavy atom. The van der Waals surface area contributed by atoms with Crippen LogP contribution in [0.2, 0.25) is 0 Å². The maximum absolute atomic E-state index is 13.3. The van der Waals surface area contributed by atoms with Crippen LogP contribution in [0.15, 0.2) is 51.9 Å². The Labute approximate surface area is 171 Å². The Morgan fingerprint density at radius 1 is 1.20 bits per heavy atom. The van der Waals surface area contributed by atoms with Crippen molar-refractivity contribution in [2.45, 2.75) is 24.7 Å². The molecule has 0 bridgehead atoms. The van der Waals surface area contributed by atoms with Gasteiger partial charge in [-0.25, -0.2) is 0 Å². The van der Waals surface area contributed by atoms with E-state index < -0.39 is 5.41 Å². The van der Waals surface area contributed by atoms with Crippen molar-refractivity contribution in [1.82, 2.24) is 14.7 Å². The van der Waals surface area contributed by atoms with E-state index in [1.807, 2.05) is 50.5 Å². The second-order valence-electron chi connectivity index (χ2n) is 8.41. The van der Waals surface area contributed by atoms with Crippen LogP contribution in [-0.4, -0.2) is 27.7 Å². The molecule has 1 fully saturated rings. The fourth-order valence-corrected chi connectivity index (χ4v) is 5.10. The molecular formula is C23H20N4O3. The molecule has 4 heterocycles. The van der Waals surface area contributed by atoms with Crippen LogP contribution in [0, 0.1) is 6.92 Å². The lowest BCUT2D eigenvalue weighted by atomic mass is 9.91. The topological polar surface area (TPSA) is 84.1 Å². The monoisotopic (exact) mass is 400 g/mol. The molecule has 1 N–H and O–H groups in total. The molecule has 150 valence electrons. The molecule has 0 saturated heterocycles. The molecule has 1 aliphatic carbocycles. The van der Waals surface area contributed by atoms with Gasteiger partial charge in [-0.2, -0.15) is 0 Å². The zero-order valence-corrected chi connectivity index (χ0v) is 16.9. The van der Waals surface area contributed by atoms with Gasteiger partial charge >= 0.3 is 0 Å². The lowest BCUT2D eigenvalue weighted by Gasteiger charge is -2.12. The Hall–Kier alpha value is -3.61. The summed E-state index contributed by atoms with van der Waals surface area (Å²) in [6.45, 7) is 1.85. The fraction of sp³-hybridized carbons (Fsp3) is 0.261. The summed E-state index contributed by atoms with van der Waals surface area (Å²) in [6.07, 6.45) is 2.62. The first kappa shape index (κ1) is 17.3. The van der Waals surface area contributed by atoms with E-state index in [4.69, 9.17) is 4.52 Å². The van der Waals surface area contributed by atoms with Gasteiger partial charge in [0.1, 0.15) is 5.52 Å². The molecule has 2 aliphatic rings. The summed E-state index contributed by atoms with van der Waals surface area (Å²) in [5.74, 6) is 0.729. The molecule has 4 aromatic rings. The van der Waals surface area contributed by atoms with E-state index in [0.29, 0.717) is 17.0 Å². The number of carbonyl (C=O) groups excluding carboxylic acids is 1. The molecule has 7 heteroatoms. The minimum Gasteiger partial charge on any atom is -0.354 e. The Bertz CT molecular complexity index is 1430. The lowest BCUT2D eigenvalue weighted by molar-refractivity contribution is -0.120. The number of hydrogen-bond acceptors (Lipinski definition) is 4. The summed E-state index contributed by atoms with van der Waals surface area (Å²) in [5.41, 5.74) is 4.40. The molecule has 7 nitrogen and oxygen atoms in total. The van der Waals surface area contributed by atoms with E-state index in [1.165, 1.54) is 0 Å². The van der Waals surface area contributed by atoms with Gasteiger partial charge in [0, 0.05) is 43.4 Å². The zero-order valence-electron chi connectivity index (χ0n) is 16.9. The highest BCUT2D eigenvalue weighted by Gasteiger charge is 2.67. The van der Waals surface area contributed by atoms with Crippen LogP contribution >= 0.6 is 0 Å². The van der Waals surface area contributed by atoms with E-state index in [2.05, 4.69) is 16.2 Å². The summed E-state index contributed by atoms with van der Waals surface area (Å²) in [4.78, 5) is 31.1. The average molecular weight is 400 g/mol. The van der Waals surface area contributed by atoms with Gasteiger partial charge in [-0.05, 0) is 36.6 Å². The number of benzene rings is 1.